The third-order valence-electron chi connectivity index (χ3n) is 3.73. The topological polar surface area (TPSA) is 66.4 Å². The predicted molar refractivity (Wildman–Crippen MR) is 71.6 cm³/mol. The highest BCUT2D eigenvalue weighted by atomic mass is 19.1. The van der Waals surface area contributed by atoms with Crippen molar-refractivity contribution in [1.29, 1.82) is 0 Å². The zero-order chi connectivity index (χ0) is 14.5. The monoisotopic (exact) mass is 279 g/mol. The fraction of sp³-hybridized carbons (Fsp3) is 0.467. The number of rotatable bonds is 5. The van der Waals surface area contributed by atoms with Crippen LogP contribution >= 0.6 is 0 Å². The number of benzene rings is 1. The minimum absolute atomic E-state index is 0.146. The van der Waals surface area contributed by atoms with E-state index in [0.717, 1.165) is 18.4 Å². The van der Waals surface area contributed by atoms with Crippen molar-refractivity contribution in [2.45, 2.75) is 38.1 Å². The van der Waals surface area contributed by atoms with E-state index in [1.807, 2.05) is 0 Å². The number of hydrogen-bond acceptors (Lipinski definition) is 2. The second-order valence-corrected chi connectivity index (χ2v) is 5.18. The smallest absolute Gasteiger partial charge is 0.308 e. The Balaban J connectivity index is 1.80. The molecule has 2 rings (SSSR count). The predicted octanol–water partition coefficient (Wildman–Crippen LogP) is 2.13. The van der Waals surface area contributed by atoms with Gasteiger partial charge in [-0.1, -0.05) is 18.6 Å². The summed E-state index contributed by atoms with van der Waals surface area (Å²) in [4.78, 5) is 22.8. The molecule has 0 radical (unpaired) electrons. The first-order valence-electron chi connectivity index (χ1n) is 6.83. The molecule has 0 aliphatic heterocycles. The maximum atomic E-state index is 12.7. The average Bonchev–Trinajstić information content (AvgIpc) is 2.86. The average molecular weight is 279 g/mol. The molecule has 0 heterocycles. The van der Waals surface area contributed by atoms with Gasteiger partial charge < -0.3 is 10.4 Å². The molecule has 0 unspecified atom stereocenters. The molecule has 1 aliphatic carbocycles. The van der Waals surface area contributed by atoms with Gasteiger partial charge in [0, 0.05) is 12.5 Å². The van der Waals surface area contributed by atoms with Crippen molar-refractivity contribution < 1.29 is 19.1 Å². The van der Waals surface area contributed by atoms with E-state index in [4.69, 9.17) is 5.11 Å². The van der Waals surface area contributed by atoms with E-state index in [1.165, 1.54) is 12.1 Å². The van der Waals surface area contributed by atoms with Crippen LogP contribution in [0.5, 0.6) is 0 Å². The number of carbonyl (C=O) groups is 2. The van der Waals surface area contributed by atoms with Crippen molar-refractivity contribution in [3.05, 3.63) is 35.6 Å². The number of aliphatic carboxylic acids is 1. The Hall–Kier alpha value is -1.91. The molecule has 1 aliphatic rings. The highest BCUT2D eigenvalue weighted by Gasteiger charge is 2.33. The third kappa shape index (κ3) is 3.79. The Labute approximate surface area is 117 Å². The van der Waals surface area contributed by atoms with Gasteiger partial charge in [-0.2, -0.15) is 0 Å². The van der Waals surface area contributed by atoms with Gasteiger partial charge >= 0.3 is 5.97 Å². The summed E-state index contributed by atoms with van der Waals surface area (Å²) in [6, 6.07) is 5.78. The van der Waals surface area contributed by atoms with Gasteiger partial charge in [-0.25, -0.2) is 4.39 Å². The molecule has 1 aromatic rings. The summed E-state index contributed by atoms with van der Waals surface area (Å²) in [5.41, 5.74) is 0.891. The Morgan fingerprint density at radius 1 is 1.25 bits per heavy atom. The fourth-order valence-electron chi connectivity index (χ4n) is 2.62. The quantitative estimate of drug-likeness (QED) is 0.867. The van der Waals surface area contributed by atoms with Crippen LogP contribution in [0.1, 0.15) is 31.2 Å². The summed E-state index contributed by atoms with van der Waals surface area (Å²) in [5.74, 6) is -1.75. The van der Waals surface area contributed by atoms with Gasteiger partial charge in [0.2, 0.25) is 5.91 Å². The molecule has 0 bridgehead atoms. The lowest BCUT2D eigenvalue weighted by molar-refractivity contribution is -0.142. The van der Waals surface area contributed by atoms with Gasteiger partial charge in [0.25, 0.3) is 0 Å². The zero-order valence-electron chi connectivity index (χ0n) is 11.1. The number of nitrogens with one attached hydrogen (secondary N) is 1. The number of carboxylic acid groups (broad SMARTS) is 1. The molecule has 0 saturated heterocycles. The number of hydrogen-bond donors (Lipinski definition) is 2. The standard InChI is InChI=1S/C15H18FNO3/c16-11-7-4-10(5-8-11)6-9-14(18)17-13-3-1-2-12(13)15(19)20/h4-5,7-8,12-13H,1-3,6,9H2,(H,17,18)(H,19,20)/t12-,13+/m1/s1. The van der Waals surface area contributed by atoms with E-state index >= 15 is 0 Å². The normalized spacial score (nSPS) is 21.6. The molecule has 1 saturated carbocycles. The van der Waals surface area contributed by atoms with Crippen molar-refractivity contribution in [3.8, 4) is 0 Å². The number of carbonyl (C=O) groups excluding carboxylic acids is 1. The second-order valence-electron chi connectivity index (χ2n) is 5.18. The minimum Gasteiger partial charge on any atom is -0.481 e. The molecule has 0 aromatic heterocycles. The number of halogens is 1. The van der Waals surface area contributed by atoms with Crippen molar-refractivity contribution in [1.82, 2.24) is 5.32 Å². The van der Waals surface area contributed by atoms with Gasteiger partial charge in [0.05, 0.1) is 5.92 Å². The van der Waals surface area contributed by atoms with Crippen LogP contribution < -0.4 is 5.32 Å². The van der Waals surface area contributed by atoms with Gasteiger partial charge in [-0.15, -0.1) is 0 Å². The Bertz CT molecular complexity index is 486. The van der Waals surface area contributed by atoms with Crippen molar-refractivity contribution in [3.63, 3.8) is 0 Å². The summed E-state index contributed by atoms with van der Waals surface area (Å²) < 4.78 is 12.7. The lowest BCUT2D eigenvalue weighted by Gasteiger charge is -2.17. The van der Waals surface area contributed by atoms with E-state index in [9.17, 15) is 14.0 Å². The largest absolute Gasteiger partial charge is 0.481 e. The summed E-state index contributed by atoms with van der Waals surface area (Å²) in [6.45, 7) is 0. The molecule has 4 nitrogen and oxygen atoms in total. The lowest BCUT2D eigenvalue weighted by atomic mass is 10.0. The molecular weight excluding hydrogens is 261 g/mol. The van der Waals surface area contributed by atoms with Crippen LogP contribution in [0.4, 0.5) is 4.39 Å². The molecule has 2 N–H and O–H groups in total. The first kappa shape index (κ1) is 14.5. The molecule has 0 spiro atoms. The van der Waals surface area contributed by atoms with Gasteiger partial charge in [0.1, 0.15) is 5.82 Å². The molecule has 108 valence electrons. The van der Waals surface area contributed by atoms with Gasteiger partial charge in [-0.3, -0.25) is 9.59 Å². The maximum Gasteiger partial charge on any atom is 0.308 e. The second kappa shape index (κ2) is 6.50. The number of aryl methyl sites for hydroxylation is 1. The van der Waals surface area contributed by atoms with Crippen LogP contribution in [-0.2, 0) is 16.0 Å². The van der Waals surface area contributed by atoms with Crippen molar-refractivity contribution in [2.24, 2.45) is 5.92 Å². The van der Waals surface area contributed by atoms with Crippen LogP contribution in [0.2, 0.25) is 0 Å². The maximum absolute atomic E-state index is 12.7. The van der Waals surface area contributed by atoms with Gasteiger partial charge in [-0.05, 0) is 37.0 Å². The summed E-state index contributed by atoms with van der Waals surface area (Å²) >= 11 is 0. The number of amides is 1. The van der Waals surface area contributed by atoms with E-state index < -0.39 is 11.9 Å². The molecule has 1 amide bonds. The summed E-state index contributed by atoms with van der Waals surface area (Å²) in [5, 5.41) is 11.8. The van der Waals surface area contributed by atoms with E-state index in [-0.39, 0.29) is 24.2 Å². The van der Waals surface area contributed by atoms with Crippen LogP contribution in [0.15, 0.2) is 24.3 Å². The van der Waals surface area contributed by atoms with Crippen LogP contribution in [0.3, 0.4) is 0 Å². The highest BCUT2D eigenvalue weighted by Crippen LogP contribution is 2.25. The Morgan fingerprint density at radius 3 is 2.60 bits per heavy atom. The molecule has 5 heteroatoms. The molecular formula is C15H18FNO3. The first-order valence-corrected chi connectivity index (χ1v) is 6.83. The van der Waals surface area contributed by atoms with E-state index in [0.29, 0.717) is 12.8 Å². The Morgan fingerprint density at radius 2 is 1.95 bits per heavy atom. The van der Waals surface area contributed by atoms with Crippen LogP contribution in [0, 0.1) is 11.7 Å². The zero-order valence-corrected chi connectivity index (χ0v) is 11.1. The molecule has 20 heavy (non-hydrogen) atoms. The van der Waals surface area contributed by atoms with Gasteiger partial charge in [0.15, 0.2) is 0 Å². The van der Waals surface area contributed by atoms with E-state index in [2.05, 4.69) is 5.32 Å². The minimum atomic E-state index is -0.841. The molecule has 1 aromatic carbocycles. The van der Waals surface area contributed by atoms with Crippen molar-refractivity contribution >= 4 is 11.9 Å². The molecule has 1 fully saturated rings. The lowest BCUT2D eigenvalue weighted by Crippen LogP contribution is -2.40. The SMILES string of the molecule is O=C(CCc1ccc(F)cc1)N[C@H]1CCC[C@H]1C(=O)O. The van der Waals surface area contributed by atoms with Crippen LogP contribution in [-0.4, -0.2) is 23.0 Å². The highest BCUT2D eigenvalue weighted by molar-refractivity contribution is 5.78. The first-order chi connectivity index (χ1) is 9.56. The summed E-state index contributed by atoms with van der Waals surface area (Å²) in [7, 11) is 0. The van der Waals surface area contributed by atoms with E-state index in [1.54, 1.807) is 12.1 Å². The summed E-state index contributed by atoms with van der Waals surface area (Å²) in [6.07, 6.45) is 2.99. The fourth-order valence-corrected chi connectivity index (χ4v) is 2.62. The van der Waals surface area contributed by atoms with Crippen molar-refractivity contribution in [2.75, 3.05) is 0 Å². The number of carboxylic acids is 1. The third-order valence-corrected chi connectivity index (χ3v) is 3.73. The molecule has 2 atom stereocenters. The van der Waals surface area contributed by atoms with Crippen LogP contribution in [0.25, 0.3) is 0 Å². The Kier molecular flexibility index (Phi) is 4.71.